The lowest BCUT2D eigenvalue weighted by Crippen LogP contribution is -2.17. The first-order valence-corrected chi connectivity index (χ1v) is 13.2. The molecule has 6 N–H and O–H groups in total. The maximum absolute atomic E-state index is 16.1. The van der Waals surface area contributed by atoms with Gasteiger partial charge in [0.05, 0.1) is 18.4 Å². The molecule has 10 heteroatoms. The molecule has 2 aromatic heterocycles. The summed E-state index contributed by atoms with van der Waals surface area (Å²) in [6, 6.07) is 16.7. The molecule has 5 aromatic rings. The molecule has 0 bridgehead atoms. The van der Waals surface area contributed by atoms with Gasteiger partial charge in [-0.15, -0.1) is 0 Å². The fraction of sp³-hybridized carbons (Fsp3) is 0.194. The number of ether oxygens (including phenoxy) is 2. The molecule has 9 nitrogen and oxygen atoms in total. The molecule has 1 atom stereocenters. The molecule has 0 spiro atoms. The normalized spacial score (nSPS) is 11.9. The molecule has 1 amide bonds. The van der Waals surface area contributed by atoms with Crippen LogP contribution in [0.3, 0.4) is 0 Å². The second kappa shape index (κ2) is 11.5. The number of hydrogen-bond donors (Lipinski definition) is 4. The number of amides is 1. The van der Waals surface area contributed by atoms with Crippen molar-refractivity contribution in [2.45, 2.75) is 32.9 Å². The van der Waals surface area contributed by atoms with Crippen molar-refractivity contribution in [2.75, 3.05) is 17.7 Å². The van der Waals surface area contributed by atoms with Gasteiger partial charge in [0.2, 0.25) is 5.91 Å². The molecule has 0 aliphatic heterocycles. The van der Waals surface area contributed by atoms with E-state index < -0.39 is 17.8 Å². The van der Waals surface area contributed by atoms with Crippen LogP contribution < -0.4 is 26.3 Å². The van der Waals surface area contributed by atoms with E-state index in [1.165, 1.54) is 0 Å². The number of pyridine rings is 1. The number of imidazole rings is 1. The monoisotopic (exact) mass is 554 g/mol. The van der Waals surface area contributed by atoms with E-state index in [4.69, 9.17) is 25.9 Å². The van der Waals surface area contributed by atoms with Gasteiger partial charge in [0.1, 0.15) is 23.4 Å². The summed E-state index contributed by atoms with van der Waals surface area (Å²) >= 11 is 0. The number of H-pyrrole nitrogens is 1. The van der Waals surface area contributed by atoms with Crippen LogP contribution in [0.15, 0.2) is 73.1 Å². The summed E-state index contributed by atoms with van der Waals surface area (Å²) in [5.74, 6) is 0.211. The largest absolute Gasteiger partial charge is 0.494 e. The third kappa shape index (κ3) is 5.76. The molecule has 3 aromatic carbocycles. The summed E-state index contributed by atoms with van der Waals surface area (Å²) in [4.78, 5) is 24.2. The number of nitrogen functional groups attached to an aromatic ring is 1. The molecule has 5 rings (SSSR count). The number of primary amides is 1. The number of benzene rings is 3. The number of aromatic amines is 1. The Morgan fingerprint density at radius 1 is 1.12 bits per heavy atom. The number of anilines is 2. The van der Waals surface area contributed by atoms with Crippen LogP contribution in [0.2, 0.25) is 0 Å². The van der Waals surface area contributed by atoms with Crippen molar-refractivity contribution in [3.05, 3.63) is 95.8 Å². The molecule has 41 heavy (non-hydrogen) atoms. The molecule has 1 unspecified atom stereocenters. The molecular formula is C31H31FN6O3. The summed E-state index contributed by atoms with van der Waals surface area (Å²) < 4.78 is 27.7. The highest BCUT2D eigenvalue weighted by atomic mass is 19.1. The lowest BCUT2D eigenvalue weighted by atomic mass is 10.0. The Hall–Kier alpha value is -5.12. The molecule has 0 radical (unpaired) electrons. The van der Waals surface area contributed by atoms with Gasteiger partial charge in [-0.2, -0.15) is 0 Å². The average molecular weight is 555 g/mol. The Morgan fingerprint density at radius 3 is 2.68 bits per heavy atom. The standard InChI is InChI=1S/C31H31FN6O3/c1-4-40-20-14-24(27(32)26(15-20)41-17(2)3)28(37-19-9-10-21-18(13-19)11-12-35-29(21)33)31-36-16-25(38-31)22-7-5-6-8-23(22)30(34)39/h5-17,28,37H,4H2,1-3H3,(H2,33,35)(H2,34,39)(H,36,38). The number of nitrogens with zero attached hydrogens (tertiary/aromatic N) is 2. The number of halogens is 1. The fourth-order valence-electron chi connectivity index (χ4n) is 4.69. The van der Waals surface area contributed by atoms with Gasteiger partial charge >= 0.3 is 0 Å². The van der Waals surface area contributed by atoms with Gasteiger partial charge in [-0.3, -0.25) is 4.79 Å². The smallest absolute Gasteiger partial charge is 0.249 e. The van der Waals surface area contributed by atoms with Crippen molar-refractivity contribution in [3.8, 4) is 22.8 Å². The molecule has 0 aliphatic rings. The van der Waals surface area contributed by atoms with Crippen LogP contribution in [0.5, 0.6) is 11.5 Å². The minimum absolute atomic E-state index is 0.0657. The number of fused-ring (bicyclic) bond motifs is 1. The van der Waals surface area contributed by atoms with Crippen LogP contribution in [-0.2, 0) is 0 Å². The molecular weight excluding hydrogens is 523 g/mol. The van der Waals surface area contributed by atoms with Gasteiger partial charge in [0, 0.05) is 46.2 Å². The van der Waals surface area contributed by atoms with Crippen LogP contribution in [0, 0.1) is 5.82 Å². The molecule has 0 aliphatic carbocycles. The average Bonchev–Trinajstić information content (AvgIpc) is 3.43. The van der Waals surface area contributed by atoms with Crippen LogP contribution in [0.4, 0.5) is 15.9 Å². The topological polar surface area (TPSA) is 141 Å². The summed E-state index contributed by atoms with van der Waals surface area (Å²) in [6.07, 6.45) is 3.03. The van der Waals surface area contributed by atoms with Gasteiger partial charge in [-0.25, -0.2) is 14.4 Å². The number of rotatable bonds is 10. The zero-order valence-electron chi connectivity index (χ0n) is 22.9. The number of hydrogen-bond acceptors (Lipinski definition) is 7. The first-order valence-electron chi connectivity index (χ1n) is 13.2. The lowest BCUT2D eigenvalue weighted by Gasteiger charge is -2.22. The predicted octanol–water partition coefficient (Wildman–Crippen LogP) is 5.83. The van der Waals surface area contributed by atoms with Crippen molar-refractivity contribution < 1.29 is 18.7 Å². The van der Waals surface area contributed by atoms with Crippen molar-refractivity contribution >= 4 is 28.2 Å². The number of nitrogens with two attached hydrogens (primary N) is 2. The Morgan fingerprint density at radius 2 is 1.93 bits per heavy atom. The van der Waals surface area contributed by atoms with Gasteiger partial charge in [-0.05, 0) is 62.6 Å². The number of carbonyl (C=O) groups excluding carboxylic acids is 1. The zero-order valence-corrected chi connectivity index (χ0v) is 22.9. The van der Waals surface area contributed by atoms with Gasteiger partial charge in [0.25, 0.3) is 0 Å². The van der Waals surface area contributed by atoms with E-state index in [9.17, 15) is 4.79 Å². The highest BCUT2D eigenvalue weighted by Crippen LogP contribution is 2.37. The Bertz CT molecular complexity index is 1720. The Kier molecular flexibility index (Phi) is 7.73. The number of aromatic nitrogens is 3. The minimum atomic E-state index is -0.809. The highest BCUT2D eigenvalue weighted by molar-refractivity contribution is 5.99. The fourth-order valence-corrected chi connectivity index (χ4v) is 4.69. The SMILES string of the molecule is CCOc1cc(OC(C)C)c(F)c(C(Nc2ccc3c(N)nccc3c2)c2nc(-c3ccccc3C(N)=O)c[nH]2)c1. The second-order valence-electron chi connectivity index (χ2n) is 9.71. The van der Waals surface area contributed by atoms with Crippen molar-refractivity contribution in [2.24, 2.45) is 5.73 Å². The summed E-state index contributed by atoms with van der Waals surface area (Å²) in [5, 5.41) is 5.08. The second-order valence-corrected chi connectivity index (χ2v) is 9.71. The summed E-state index contributed by atoms with van der Waals surface area (Å²) in [5.41, 5.74) is 14.0. The van der Waals surface area contributed by atoms with E-state index >= 15 is 4.39 Å². The van der Waals surface area contributed by atoms with Crippen LogP contribution in [0.1, 0.15) is 48.6 Å². The summed E-state index contributed by atoms with van der Waals surface area (Å²) in [7, 11) is 0. The van der Waals surface area contributed by atoms with Crippen LogP contribution in [-0.4, -0.2) is 33.6 Å². The van der Waals surface area contributed by atoms with Crippen molar-refractivity contribution in [1.29, 1.82) is 0 Å². The van der Waals surface area contributed by atoms with E-state index in [2.05, 4.69) is 15.3 Å². The van der Waals surface area contributed by atoms with E-state index in [1.807, 2.05) is 45.0 Å². The lowest BCUT2D eigenvalue weighted by molar-refractivity contribution is 0.100. The Labute approximate surface area is 236 Å². The third-order valence-corrected chi connectivity index (χ3v) is 6.47. The van der Waals surface area contributed by atoms with E-state index in [1.54, 1.807) is 48.8 Å². The van der Waals surface area contributed by atoms with Gasteiger partial charge in [-0.1, -0.05) is 18.2 Å². The number of nitrogens with one attached hydrogen (secondary N) is 2. The maximum atomic E-state index is 16.1. The maximum Gasteiger partial charge on any atom is 0.249 e. The van der Waals surface area contributed by atoms with Crippen LogP contribution in [0.25, 0.3) is 22.0 Å². The van der Waals surface area contributed by atoms with E-state index in [-0.39, 0.29) is 17.4 Å². The molecule has 210 valence electrons. The summed E-state index contributed by atoms with van der Waals surface area (Å²) in [6.45, 7) is 5.89. The molecule has 2 heterocycles. The van der Waals surface area contributed by atoms with Crippen molar-refractivity contribution in [1.82, 2.24) is 15.0 Å². The molecule has 0 saturated carbocycles. The first-order chi connectivity index (χ1) is 19.7. The van der Waals surface area contributed by atoms with E-state index in [0.717, 1.165) is 10.8 Å². The van der Waals surface area contributed by atoms with Gasteiger partial charge < -0.3 is 31.2 Å². The van der Waals surface area contributed by atoms with Gasteiger partial charge in [0.15, 0.2) is 11.6 Å². The van der Waals surface area contributed by atoms with Crippen LogP contribution >= 0.6 is 0 Å². The molecule has 0 saturated heterocycles. The third-order valence-electron chi connectivity index (χ3n) is 6.47. The highest BCUT2D eigenvalue weighted by Gasteiger charge is 2.26. The predicted molar refractivity (Wildman–Crippen MR) is 157 cm³/mol. The number of carbonyl (C=O) groups is 1. The van der Waals surface area contributed by atoms with Crippen molar-refractivity contribution in [3.63, 3.8) is 0 Å². The quantitative estimate of drug-likeness (QED) is 0.170. The zero-order chi connectivity index (χ0) is 29.1. The first kappa shape index (κ1) is 27.4. The minimum Gasteiger partial charge on any atom is -0.494 e. The molecule has 0 fully saturated rings. The Balaban J connectivity index is 1.65. The van der Waals surface area contributed by atoms with E-state index in [0.29, 0.717) is 46.5 Å².